The molecular formula is C19H19FN2O3. The van der Waals surface area contributed by atoms with Gasteiger partial charge in [0.15, 0.2) is 0 Å². The molecule has 1 N–H and O–H groups in total. The first kappa shape index (κ1) is 17.0. The molecule has 2 amide bonds. The van der Waals surface area contributed by atoms with Crippen LogP contribution in [-0.4, -0.2) is 25.5 Å². The van der Waals surface area contributed by atoms with E-state index in [9.17, 15) is 14.0 Å². The Kier molecular flexibility index (Phi) is 4.70. The summed E-state index contributed by atoms with van der Waals surface area (Å²) in [5, 5.41) is 2.84. The maximum Gasteiger partial charge on any atom is 0.231 e. The molecule has 0 aromatic heterocycles. The van der Waals surface area contributed by atoms with Crippen LogP contribution in [0.4, 0.5) is 15.8 Å². The highest BCUT2D eigenvalue weighted by molar-refractivity contribution is 6.05. The Morgan fingerprint density at radius 1 is 1.32 bits per heavy atom. The second-order valence-electron chi connectivity index (χ2n) is 6.04. The number of hydrogen-bond donors (Lipinski definition) is 1. The first-order valence-corrected chi connectivity index (χ1v) is 8.02. The predicted molar refractivity (Wildman–Crippen MR) is 93.2 cm³/mol. The second kappa shape index (κ2) is 6.93. The maximum absolute atomic E-state index is 13.6. The standard InChI is InChI=1S/C19H19FN2O3/c1-12-11-22(16-6-4-3-5-15(16)21-19(12)24)18(23)10-13-9-14(20)7-8-17(13)25-2/h3-9,12H,10-11H2,1-2H3,(H,21,24). The van der Waals surface area contributed by atoms with Crippen molar-refractivity contribution in [1.29, 1.82) is 0 Å². The lowest BCUT2D eigenvalue weighted by molar-refractivity contribution is -0.119. The predicted octanol–water partition coefficient (Wildman–Crippen LogP) is 3.00. The Labute approximate surface area is 145 Å². The van der Waals surface area contributed by atoms with E-state index in [1.165, 1.54) is 25.3 Å². The van der Waals surface area contributed by atoms with Crippen LogP contribution in [0, 0.1) is 11.7 Å². The van der Waals surface area contributed by atoms with Crippen molar-refractivity contribution in [3.63, 3.8) is 0 Å². The number of carbonyl (C=O) groups excluding carboxylic acids is 2. The first-order valence-electron chi connectivity index (χ1n) is 8.02. The molecule has 0 fully saturated rings. The SMILES string of the molecule is COc1ccc(F)cc1CC(=O)N1CC(C)C(=O)Nc2ccccc21. The van der Waals surface area contributed by atoms with E-state index in [1.807, 2.05) is 6.07 Å². The van der Waals surface area contributed by atoms with Crippen LogP contribution in [-0.2, 0) is 16.0 Å². The van der Waals surface area contributed by atoms with E-state index in [1.54, 1.807) is 30.0 Å². The first-order chi connectivity index (χ1) is 12.0. The van der Waals surface area contributed by atoms with Crippen molar-refractivity contribution in [2.45, 2.75) is 13.3 Å². The summed E-state index contributed by atoms with van der Waals surface area (Å²) in [4.78, 5) is 26.6. The van der Waals surface area contributed by atoms with Crippen molar-refractivity contribution in [1.82, 2.24) is 0 Å². The third kappa shape index (κ3) is 3.47. The number of nitrogens with zero attached hydrogens (tertiary/aromatic N) is 1. The minimum absolute atomic E-state index is 0.0177. The van der Waals surface area contributed by atoms with Gasteiger partial charge in [-0.2, -0.15) is 0 Å². The number of rotatable bonds is 3. The Bertz CT molecular complexity index is 822. The van der Waals surface area contributed by atoms with Gasteiger partial charge in [0.05, 0.1) is 30.8 Å². The van der Waals surface area contributed by atoms with Gasteiger partial charge in [0.2, 0.25) is 11.8 Å². The molecule has 3 rings (SSSR count). The largest absolute Gasteiger partial charge is 0.496 e. The van der Waals surface area contributed by atoms with E-state index in [2.05, 4.69) is 5.32 Å². The third-order valence-corrected chi connectivity index (χ3v) is 4.24. The minimum Gasteiger partial charge on any atom is -0.496 e. The van der Waals surface area contributed by atoms with Gasteiger partial charge in [0.1, 0.15) is 11.6 Å². The molecule has 0 spiro atoms. The number of hydrogen-bond acceptors (Lipinski definition) is 3. The Morgan fingerprint density at radius 2 is 2.08 bits per heavy atom. The van der Waals surface area contributed by atoms with Gasteiger partial charge in [0, 0.05) is 12.1 Å². The highest BCUT2D eigenvalue weighted by atomic mass is 19.1. The van der Waals surface area contributed by atoms with E-state index in [0.29, 0.717) is 22.7 Å². The second-order valence-corrected chi connectivity index (χ2v) is 6.04. The van der Waals surface area contributed by atoms with Gasteiger partial charge in [-0.3, -0.25) is 9.59 Å². The number of anilines is 2. The fraction of sp³-hybridized carbons (Fsp3) is 0.263. The normalized spacial score (nSPS) is 16.7. The van der Waals surface area contributed by atoms with Gasteiger partial charge in [-0.05, 0) is 30.3 Å². The molecule has 6 heteroatoms. The number of para-hydroxylation sites is 2. The molecule has 0 bridgehead atoms. The molecule has 5 nitrogen and oxygen atoms in total. The van der Waals surface area contributed by atoms with Crippen molar-refractivity contribution in [2.75, 3.05) is 23.9 Å². The molecule has 25 heavy (non-hydrogen) atoms. The zero-order chi connectivity index (χ0) is 18.0. The third-order valence-electron chi connectivity index (χ3n) is 4.24. The maximum atomic E-state index is 13.6. The van der Waals surface area contributed by atoms with Crippen LogP contribution >= 0.6 is 0 Å². The lowest BCUT2D eigenvalue weighted by Crippen LogP contribution is -2.36. The zero-order valence-corrected chi connectivity index (χ0v) is 14.1. The average molecular weight is 342 g/mol. The Hall–Kier alpha value is -2.89. The fourth-order valence-electron chi connectivity index (χ4n) is 2.91. The Balaban J connectivity index is 1.94. The number of benzene rings is 2. The van der Waals surface area contributed by atoms with Crippen LogP contribution < -0.4 is 15.0 Å². The summed E-state index contributed by atoms with van der Waals surface area (Å²) >= 11 is 0. The summed E-state index contributed by atoms with van der Waals surface area (Å²) in [6, 6.07) is 11.2. The molecule has 1 aliphatic rings. The summed E-state index contributed by atoms with van der Waals surface area (Å²) in [5.74, 6) is -0.679. The van der Waals surface area contributed by atoms with Crippen LogP contribution in [0.5, 0.6) is 5.75 Å². The van der Waals surface area contributed by atoms with E-state index in [4.69, 9.17) is 4.74 Å². The van der Waals surface area contributed by atoms with Gasteiger partial charge >= 0.3 is 0 Å². The highest BCUT2D eigenvalue weighted by Gasteiger charge is 2.28. The number of nitrogens with one attached hydrogen (secondary N) is 1. The molecule has 0 saturated carbocycles. The molecule has 130 valence electrons. The summed E-state index contributed by atoms with van der Waals surface area (Å²) in [6.07, 6.45) is -0.0177. The van der Waals surface area contributed by atoms with E-state index >= 15 is 0 Å². The fourth-order valence-corrected chi connectivity index (χ4v) is 2.91. The topological polar surface area (TPSA) is 58.6 Å². The van der Waals surface area contributed by atoms with Gasteiger partial charge in [-0.25, -0.2) is 4.39 Å². The van der Waals surface area contributed by atoms with Crippen molar-refractivity contribution < 1.29 is 18.7 Å². The number of fused-ring (bicyclic) bond motifs is 1. The summed E-state index contributed by atoms with van der Waals surface area (Å²) < 4.78 is 18.8. The minimum atomic E-state index is -0.426. The lowest BCUT2D eigenvalue weighted by atomic mass is 10.1. The molecule has 1 heterocycles. The van der Waals surface area contributed by atoms with Crippen molar-refractivity contribution in [2.24, 2.45) is 5.92 Å². The molecule has 0 saturated heterocycles. The molecule has 1 atom stereocenters. The smallest absolute Gasteiger partial charge is 0.231 e. The molecule has 0 radical (unpaired) electrons. The summed E-state index contributed by atoms with van der Waals surface area (Å²) in [6.45, 7) is 2.03. The van der Waals surface area contributed by atoms with Gasteiger partial charge in [-0.15, -0.1) is 0 Å². The molecule has 2 aromatic rings. The van der Waals surface area contributed by atoms with Crippen LogP contribution in [0.25, 0.3) is 0 Å². The summed E-state index contributed by atoms with van der Waals surface area (Å²) in [5.41, 5.74) is 1.71. The molecule has 0 aliphatic carbocycles. The van der Waals surface area contributed by atoms with E-state index in [-0.39, 0.29) is 30.7 Å². The van der Waals surface area contributed by atoms with E-state index < -0.39 is 5.82 Å². The van der Waals surface area contributed by atoms with Crippen molar-refractivity contribution in [3.8, 4) is 5.75 Å². The van der Waals surface area contributed by atoms with Crippen LogP contribution in [0.15, 0.2) is 42.5 Å². The number of carbonyl (C=O) groups is 2. The molecule has 1 aliphatic heterocycles. The van der Waals surface area contributed by atoms with Crippen molar-refractivity contribution in [3.05, 3.63) is 53.8 Å². The van der Waals surface area contributed by atoms with Crippen molar-refractivity contribution >= 4 is 23.2 Å². The number of methoxy groups -OCH3 is 1. The number of ether oxygens (including phenoxy) is 1. The monoisotopic (exact) mass is 342 g/mol. The quantitative estimate of drug-likeness (QED) is 0.933. The van der Waals surface area contributed by atoms with Gasteiger partial charge < -0.3 is 15.0 Å². The highest BCUT2D eigenvalue weighted by Crippen LogP contribution is 2.31. The molecule has 1 unspecified atom stereocenters. The van der Waals surface area contributed by atoms with Crippen LogP contribution in [0.2, 0.25) is 0 Å². The molecular weight excluding hydrogens is 323 g/mol. The number of amides is 2. The van der Waals surface area contributed by atoms with E-state index in [0.717, 1.165) is 0 Å². The zero-order valence-electron chi connectivity index (χ0n) is 14.1. The lowest BCUT2D eigenvalue weighted by Gasteiger charge is -2.24. The van der Waals surface area contributed by atoms with Gasteiger partial charge in [0.25, 0.3) is 0 Å². The van der Waals surface area contributed by atoms with Crippen LogP contribution in [0.1, 0.15) is 12.5 Å². The summed E-state index contributed by atoms with van der Waals surface area (Å²) in [7, 11) is 1.48. The Morgan fingerprint density at radius 3 is 2.84 bits per heavy atom. The van der Waals surface area contributed by atoms with Crippen LogP contribution in [0.3, 0.4) is 0 Å². The van der Waals surface area contributed by atoms with Gasteiger partial charge in [-0.1, -0.05) is 19.1 Å². The number of halogens is 1. The average Bonchev–Trinajstić information content (AvgIpc) is 2.72. The molecule has 2 aromatic carbocycles.